The summed E-state index contributed by atoms with van der Waals surface area (Å²) in [4.78, 5) is 0. The van der Waals surface area contributed by atoms with Gasteiger partial charge in [0, 0.05) is 13.7 Å². The Morgan fingerprint density at radius 3 is 2.78 bits per heavy atom. The van der Waals surface area contributed by atoms with E-state index in [4.69, 9.17) is 14.2 Å². The predicted molar refractivity (Wildman–Crippen MR) is 66.7 cm³/mol. The Kier molecular flexibility index (Phi) is 6.70. The van der Waals surface area contributed by atoms with Crippen LogP contribution >= 0.6 is 0 Å². The van der Waals surface area contributed by atoms with E-state index in [-0.39, 0.29) is 6.61 Å². The second kappa shape index (κ2) is 8.07. The number of aliphatic hydroxyl groups excluding tert-OH is 1. The molecular formula is C12H22N2O4. The van der Waals surface area contributed by atoms with Crippen molar-refractivity contribution in [1.29, 1.82) is 0 Å². The fourth-order valence-electron chi connectivity index (χ4n) is 1.68. The van der Waals surface area contributed by atoms with Gasteiger partial charge in [0.25, 0.3) is 0 Å². The van der Waals surface area contributed by atoms with Gasteiger partial charge in [-0.2, -0.15) is 5.10 Å². The summed E-state index contributed by atoms with van der Waals surface area (Å²) in [6, 6.07) is 0. The molecule has 0 radical (unpaired) electrons. The highest BCUT2D eigenvalue weighted by molar-refractivity contribution is 5.27. The number of hydrogen-bond donors (Lipinski definition) is 1. The fraction of sp³-hybridized carbons (Fsp3) is 0.750. The second-order valence-electron chi connectivity index (χ2n) is 3.90. The van der Waals surface area contributed by atoms with Crippen LogP contribution in [0.5, 0.6) is 5.75 Å². The van der Waals surface area contributed by atoms with Crippen LogP contribution in [0.3, 0.4) is 0 Å². The van der Waals surface area contributed by atoms with Crippen molar-refractivity contribution in [2.24, 2.45) is 0 Å². The van der Waals surface area contributed by atoms with Crippen LogP contribution in [0.1, 0.15) is 25.1 Å². The lowest BCUT2D eigenvalue weighted by Crippen LogP contribution is -2.16. The highest BCUT2D eigenvalue weighted by Crippen LogP contribution is 2.25. The Balaban J connectivity index is 2.63. The highest BCUT2D eigenvalue weighted by atomic mass is 16.5. The van der Waals surface area contributed by atoms with Crippen LogP contribution in [0.15, 0.2) is 6.20 Å². The molecule has 0 fully saturated rings. The maximum Gasteiger partial charge on any atom is 0.162 e. The molecule has 1 aromatic rings. The van der Waals surface area contributed by atoms with Crippen molar-refractivity contribution in [1.82, 2.24) is 9.78 Å². The monoisotopic (exact) mass is 258 g/mol. The predicted octanol–water partition coefficient (Wildman–Crippen LogP) is 0.998. The molecule has 1 heterocycles. The molecule has 0 amide bonds. The third-order valence-corrected chi connectivity index (χ3v) is 2.52. The van der Waals surface area contributed by atoms with E-state index in [1.54, 1.807) is 25.1 Å². The van der Waals surface area contributed by atoms with Gasteiger partial charge >= 0.3 is 0 Å². The molecular weight excluding hydrogens is 236 g/mol. The van der Waals surface area contributed by atoms with E-state index in [2.05, 4.69) is 12.0 Å². The zero-order valence-corrected chi connectivity index (χ0v) is 11.3. The number of methoxy groups -OCH3 is 2. The maximum absolute atomic E-state index is 10.1. The summed E-state index contributed by atoms with van der Waals surface area (Å²) in [6.45, 7) is 3.97. The number of aryl methyl sites for hydroxylation is 1. The van der Waals surface area contributed by atoms with Gasteiger partial charge in [-0.3, -0.25) is 4.68 Å². The molecule has 0 aliphatic heterocycles. The minimum absolute atomic E-state index is 0.203. The minimum Gasteiger partial charge on any atom is -0.493 e. The Labute approximate surface area is 107 Å². The van der Waals surface area contributed by atoms with Crippen molar-refractivity contribution in [3.63, 3.8) is 0 Å². The van der Waals surface area contributed by atoms with E-state index in [0.717, 1.165) is 13.0 Å². The average molecular weight is 258 g/mol. The SMILES string of the molecule is CCCn1ncc(OC)c1C(O)COCCOC. The summed E-state index contributed by atoms with van der Waals surface area (Å²) < 4.78 is 17.1. The summed E-state index contributed by atoms with van der Waals surface area (Å²) in [6.07, 6.45) is 1.81. The van der Waals surface area contributed by atoms with E-state index < -0.39 is 6.10 Å². The van der Waals surface area contributed by atoms with Gasteiger partial charge in [-0.05, 0) is 6.42 Å². The number of aromatic nitrogens is 2. The first-order valence-electron chi connectivity index (χ1n) is 6.09. The van der Waals surface area contributed by atoms with E-state index in [1.807, 2.05) is 0 Å². The maximum atomic E-state index is 10.1. The fourth-order valence-corrected chi connectivity index (χ4v) is 1.68. The van der Waals surface area contributed by atoms with Gasteiger partial charge < -0.3 is 19.3 Å². The first-order chi connectivity index (χ1) is 8.74. The van der Waals surface area contributed by atoms with Gasteiger partial charge in [0.2, 0.25) is 0 Å². The Morgan fingerprint density at radius 2 is 2.17 bits per heavy atom. The van der Waals surface area contributed by atoms with Crippen LogP contribution in [-0.2, 0) is 16.0 Å². The van der Waals surface area contributed by atoms with Crippen LogP contribution in [0, 0.1) is 0 Å². The summed E-state index contributed by atoms with van der Waals surface area (Å²) in [5.41, 5.74) is 0.664. The first kappa shape index (κ1) is 14.9. The summed E-state index contributed by atoms with van der Waals surface area (Å²) in [5, 5.41) is 14.3. The Bertz CT molecular complexity index is 341. The minimum atomic E-state index is -0.745. The lowest BCUT2D eigenvalue weighted by atomic mass is 10.2. The van der Waals surface area contributed by atoms with E-state index in [1.165, 1.54) is 0 Å². The first-order valence-corrected chi connectivity index (χ1v) is 6.09. The normalized spacial score (nSPS) is 12.7. The van der Waals surface area contributed by atoms with E-state index in [9.17, 15) is 5.11 Å². The van der Waals surface area contributed by atoms with Crippen molar-refractivity contribution in [3.05, 3.63) is 11.9 Å². The average Bonchev–Trinajstić information content (AvgIpc) is 2.78. The quantitative estimate of drug-likeness (QED) is 0.669. The summed E-state index contributed by atoms with van der Waals surface area (Å²) >= 11 is 0. The van der Waals surface area contributed by atoms with Crippen molar-refractivity contribution in [3.8, 4) is 5.75 Å². The molecule has 0 aliphatic carbocycles. The smallest absolute Gasteiger partial charge is 0.162 e. The third kappa shape index (κ3) is 3.97. The molecule has 1 N–H and O–H groups in total. The van der Waals surface area contributed by atoms with Gasteiger partial charge in [0.15, 0.2) is 5.75 Å². The van der Waals surface area contributed by atoms with Crippen LogP contribution in [0.25, 0.3) is 0 Å². The lowest BCUT2D eigenvalue weighted by Gasteiger charge is -2.14. The molecule has 1 atom stereocenters. The molecule has 1 aromatic heterocycles. The highest BCUT2D eigenvalue weighted by Gasteiger charge is 2.19. The Morgan fingerprint density at radius 1 is 1.39 bits per heavy atom. The molecule has 6 heteroatoms. The standard InChI is InChI=1S/C12H22N2O4/c1-4-5-14-12(11(17-3)8-13-14)10(15)9-18-7-6-16-2/h8,10,15H,4-7,9H2,1-3H3. The van der Waals surface area contributed by atoms with Gasteiger partial charge in [0.1, 0.15) is 11.8 Å². The van der Waals surface area contributed by atoms with Crippen LogP contribution < -0.4 is 4.74 Å². The molecule has 18 heavy (non-hydrogen) atoms. The van der Waals surface area contributed by atoms with Gasteiger partial charge in [-0.25, -0.2) is 0 Å². The molecule has 0 bridgehead atoms. The molecule has 0 aliphatic rings. The summed E-state index contributed by atoms with van der Waals surface area (Å²) in [7, 11) is 3.18. The van der Waals surface area contributed by atoms with Gasteiger partial charge in [0.05, 0.1) is 33.1 Å². The van der Waals surface area contributed by atoms with Gasteiger partial charge in [-0.1, -0.05) is 6.92 Å². The number of hydrogen-bond acceptors (Lipinski definition) is 5. The number of rotatable bonds is 9. The van der Waals surface area contributed by atoms with Crippen molar-refractivity contribution >= 4 is 0 Å². The van der Waals surface area contributed by atoms with Crippen molar-refractivity contribution in [2.75, 3.05) is 34.0 Å². The second-order valence-corrected chi connectivity index (χ2v) is 3.90. The lowest BCUT2D eigenvalue weighted by molar-refractivity contribution is 0.00850. The molecule has 0 aromatic carbocycles. The number of ether oxygens (including phenoxy) is 3. The van der Waals surface area contributed by atoms with Gasteiger partial charge in [-0.15, -0.1) is 0 Å². The largest absolute Gasteiger partial charge is 0.493 e. The van der Waals surface area contributed by atoms with Crippen molar-refractivity contribution < 1.29 is 19.3 Å². The van der Waals surface area contributed by atoms with Crippen LogP contribution in [0.4, 0.5) is 0 Å². The molecule has 104 valence electrons. The third-order valence-electron chi connectivity index (χ3n) is 2.52. The molecule has 0 saturated carbocycles. The van der Waals surface area contributed by atoms with Crippen LogP contribution in [-0.4, -0.2) is 48.9 Å². The van der Waals surface area contributed by atoms with E-state index in [0.29, 0.717) is 24.7 Å². The number of nitrogens with zero attached hydrogens (tertiary/aromatic N) is 2. The molecule has 1 unspecified atom stereocenters. The van der Waals surface area contributed by atoms with E-state index >= 15 is 0 Å². The van der Waals surface area contributed by atoms with Crippen LogP contribution in [0.2, 0.25) is 0 Å². The van der Waals surface area contributed by atoms with Crippen molar-refractivity contribution in [2.45, 2.75) is 26.0 Å². The molecule has 0 saturated heterocycles. The zero-order chi connectivity index (χ0) is 13.4. The zero-order valence-electron chi connectivity index (χ0n) is 11.3. The summed E-state index contributed by atoms with van der Waals surface area (Å²) in [5.74, 6) is 0.589. The topological polar surface area (TPSA) is 65.7 Å². The number of aliphatic hydroxyl groups is 1. The Hall–Kier alpha value is -1.11. The molecule has 0 spiro atoms. The molecule has 6 nitrogen and oxygen atoms in total. The molecule has 1 rings (SSSR count).